The highest BCUT2D eigenvalue weighted by atomic mass is 16.3. The molecule has 0 aliphatic carbocycles. The SMILES string of the molecule is C#CCCC(=O)NCc1cccc(O)c1. The summed E-state index contributed by atoms with van der Waals surface area (Å²) in [6, 6.07) is 6.77. The maximum Gasteiger partial charge on any atom is 0.221 e. The molecule has 0 saturated carbocycles. The van der Waals surface area contributed by atoms with Crippen molar-refractivity contribution in [2.24, 2.45) is 0 Å². The predicted octanol–water partition coefficient (Wildman–Crippen LogP) is 1.42. The molecule has 3 heteroatoms. The summed E-state index contributed by atoms with van der Waals surface area (Å²) in [5, 5.41) is 11.9. The molecular formula is C12H13NO2. The van der Waals surface area contributed by atoms with E-state index in [0.29, 0.717) is 19.4 Å². The van der Waals surface area contributed by atoms with Gasteiger partial charge in [0.05, 0.1) is 0 Å². The maximum absolute atomic E-state index is 11.2. The Balaban J connectivity index is 2.37. The fourth-order valence-electron chi connectivity index (χ4n) is 1.14. The molecule has 0 atom stereocenters. The molecule has 0 saturated heterocycles. The van der Waals surface area contributed by atoms with Crippen LogP contribution in [0.3, 0.4) is 0 Å². The Hall–Kier alpha value is -1.95. The molecule has 1 aromatic carbocycles. The van der Waals surface area contributed by atoms with E-state index in [1.165, 1.54) is 0 Å². The van der Waals surface area contributed by atoms with Gasteiger partial charge < -0.3 is 10.4 Å². The molecule has 1 rings (SSSR count). The second-order valence-electron chi connectivity index (χ2n) is 3.15. The van der Waals surface area contributed by atoms with Crippen LogP contribution in [0.5, 0.6) is 5.75 Å². The van der Waals surface area contributed by atoms with Crippen LogP contribution >= 0.6 is 0 Å². The average Bonchev–Trinajstić information content (AvgIpc) is 2.23. The van der Waals surface area contributed by atoms with E-state index in [2.05, 4.69) is 11.2 Å². The van der Waals surface area contributed by atoms with Gasteiger partial charge in [-0.15, -0.1) is 12.3 Å². The van der Waals surface area contributed by atoms with Gasteiger partial charge in [0.1, 0.15) is 5.75 Å². The minimum absolute atomic E-state index is 0.0729. The molecule has 0 aliphatic rings. The zero-order valence-corrected chi connectivity index (χ0v) is 8.36. The Kier molecular flexibility index (Phi) is 4.24. The topological polar surface area (TPSA) is 49.3 Å². The first-order valence-electron chi connectivity index (χ1n) is 4.70. The minimum Gasteiger partial charge on any atom is -0.508 e. The molecule has 0 aromatic heterocycles. The highest BCUT2D eigenvalue weighted by Crippen LogP contribution is 2.10. The second-order valence-corrected chi connectivity index (χ2v) is 3.15. The lowest BCUT2D eigenvalue weighted by Gasteiger charge is -2.04. The molecule has 3 nitrogen and oxygen atoms in total. The molecule has 15 heavy (non-hydrogen) atoms. The Bertz CT molecular complexity index is 379. The van der Waals surface area contributed by atoms with Crippen molar-refractivity contribution < 1.29 is 9.90 Å². The van der Waals surface area contributed by atoms with Crippen LogP contribution in [0.2, 0.25) is 0 Å². The molecule has 1 aromatic rings. The number of hydrogen-bond donors (Lipinski definition) is 2. The number of nitrogens with one attached hydrogen (secondary N) is 1. The summed E-state index contributed by atoms with van der Waals surface area (Å²) in [5.74, 6) is 2.53. The molecule has 0 unspecified atom stereocenters. The van der Waals surface area contributed by atoms with E-state index in [-0.39, 0.29) is 11.7 Å². The molecule has 0 radical (unpaired) electrons. The molecule has 0 aliphatic heterocycles. The van der Waals surface area contributed by atoms with Crippen LogP contribution in [0.4, 0.5) is 0 Å². The fourth-order valence-corrected chi connectivity index (χ4v) is 1.14. The summed E-state index contributed by atoms with van der Waals surface area (Å²) in [7, 11) is 0. The number of carbonyl (C=O) groups excluding carboxylic acids is 1. The van der Waals surface area contributed by atoms with Crippen molar-refractivity contribution in [3.63, 3.8) is 0 Å². The summed E-state index contributed by atoms with van der Waals surface area (Å²) in [5.41, 5.74) is 0.865. The number of carbonyl (C=O) groups is 1. The number of hydrogen-bond acceptors (Lipinski definition) is 2. The van der Waals surface area contributed by atoms with Crippen LogP contribution in [0.15, 0.2) is 24.3 Å². The van der Waals surface area contributed by atoms with Gasteiger partial charge in [0.2, 0.25) is 5.91 Å². The number of benzene rings is 1. The van der Waals surface area contributed by atoms with E-state index in [9.17, 15) is 9.90 Å². The summed E-state index contributed by atoms with van der Waals surface area (Å²) in [4.78, 5) is 11.2. The largest absolute Gasteiger partial charge is 0.508 e. The smallest absolute Gasteiger partial charge is 0.221 e. The van der Waals surface area contributed by atoms with Crippen molar-refractivity contribution in [3.8, 4) is 18.1 Å². The Labute approximate surface area is 89.1 Å². The van der Waals surface area contributed by atoms with Gasteiger partial charge in [0, 0.05) is 19.4 Å². The lowest BCUT2D eigenvalue weighted by atomic mass is 10.2. The third-order valence-corrected chi connectivity index (χ3v) is 1.90. The van der Waals surface area contributed by atoms with Crippen LogP contribution in [0.25, 0.3) is 0 Å². The number of aromatic hydroxyl groups is 1. The first-order chi connectivity index (χ1) is 7.22. The number of phenols is 1. The molecule has 78 valence electrons. The molecule has 1 amide bonds. The van der Waals surface area contributed by atoms with Crippen molar-refractivity contribution in [1.82, 2.24) is 5.32 Å². The van der Waals surface area contributed by atoms with Crippen molar-refractivity contribution in [3.05, 3.63) is 29.8 Å². The molecule has 2 N–H and O–H groups in total. The highest BCUT2D eigenvalue weighted by Gasteiger charge is 2.00. The summed E-state index contributed by atoms with van der Waals surface area (Å²) in [6.45, 7) is 0.414. The second kappa shape index (κ2) is 5.71. The van der Waals surface area contributed by atoms with Crippen LogP contribution in [-0.2, 0) is 11.3 Å². The van der Waals surface area contributed by atoms with Crippen molar-refractivity contribution >= 4 is 5.91 Å². The normalized spacial score (nSPS) is 9.27. The van der Waals surface area contributed by atoms with Gasteiger partial charge in [-0.2, -0.15) is 0 Å². The predicted molar refractivity (Wildman–Crippen MR) is 58.0 cm³/mol. The average molecular weight is 203 g/mol. The maximum atomic E-state index is 11.2. The van der Waals surface area contributed by atoms with Crippen LogP contribution in [0, 0.1) is 12.3 Å². The van der Waals surface area contributed by atoms with E-state index in [1.54, 1.807) is 18.2 Å². The Morgan fingerprint density at radius 3 is 3.00 bits per heavy atom. The van der Waals surface area contributed by atoms with E-state index >= 15 is 0 Å². The number of terminal acetylenes is 1. The van der Waals surface area contributed by atoms with Crippen molar-refractivity contribution in [2.45, 2.75) is 19.4 Å². The van der Waals surface area contributed by atoms with E-state index < -0.39 is 0 Å². The fraction of sp³-hybridized carbons (Fsp3) is 0.250. The lowest BCUT2D eigenvalue weighted by Crippen LogP contribution is -2.22. The molecule has 0 spiro atoms. The Morgan fingerprint density at radius 1 is 1.53 bits per heavy atom. The van der Waals surface area contributed by atoms with E-state index in [1.807, 2.05) is 6.07 Å². The first kappa shape index (κ1) is 11.1. The van der Waals surface area contributed by atoms with Gasteiger partial charge >= 0.3 is 0 Å². The van der Waals surface area contributed by atoms with Gasteiger partial charge in [-0.1, -0.05) is 12.1 Å². The molecule has 0 bridgehead atoms. The number of rotatable bonds is 4. The molecule has 0 fully saturated rings. The highest BCUT2D eigenvalue weighted by molar-refractivity contribution is 5.76. The van der Waals surface area contributed by atoms with Gasteiger partial charge in [0.25, 0.3) is 0 Å². The van der Waals surface area contributed by atoms with Crippen LogP contribution in [-0.4, -0.2) is 11.0 Å². The lowest BCUT2D eigenvalue weighted by molar-refractivity contribution is -0.121. The van der Waals surface area contributed by atoms with Crippen molar-refractivity contribution in [1.29, 1.82) is 0 Å². The van der Waals surface area contributed by atoms with Gasteiger partial charge in [0.15, 0.2) is 0 Å². The zero-order valence-electron chi connectivity index (χ0n) is 8.36. The van der Waals surface area contributed by atoms with Crippen molar-refractivity contribution in [2.75, 3.05) is 0 Å². The van der Waals surface area contributed by atoms with Crippen LogP contribution in [0.1, 0.15) is 18.4 Å². The summed E-state index contributed by atoms with van der Waals surface area (Å²) < 4.78 is 0. The quantitative estimate of drug-likeness (QED) is 0.727. The van der Waals surface area contributed by atoms with Gasteiger partial charge in [-0.3, -0.25) is 4.79 Å². The third-order valence-electron chi connectivity index (χ3n) is 1.90. The summed E-state index contributed by atoms with van der Waals surface area (Å²) >= 11 is 0. The number of phenolic OH excluding ortho intramolecular Hbond substituents is 1. The van der Waals surface area contributed by atoms with Gasteiger partial charge in [-0.25, -0.2) is 0 Å². The zero-order chi connectivity index (χ0) is 11.1. The first-order valence-corrected chi connectivity index (χ1v) is 4.70. The monoisotopic (exact) mass is 203 g/mol. The van der Waals surface area contributed by atoms with Gasteiger partial charge in [-0.05, 0) is 17.7 Å². The van der Waals surface area contributed by atoms with E-state index in [0.717, 1.165) is 5.56 Å². The third kappa shape index (κ3) is 4.19. The minimum atomic E-state index is -0.0729. The summed E-state index contributed by atoms with van der Waals surface area (Å²) in [6.07, 6.45) is 5.83. The number of amides is 1. The molecular weight excluding hydrogens is 190 g/mol. The molecule has 0 heterocycles. The van der Waals surface area contributed by atoms with Crippen LogP contribution < -0.4 is 5.32 Å². The standard InChI is InChI=1S/C12H13NO2/c1-2-3-7-12(15)13-9-10-5-4-6-11(14)8-10/h1,4-6,8,14H,3,7,9H2,(H,13,15). The Morgan fingerprint density at radius 2 is 2.33 bits per heavy atom. The van der Waals surface area contributed by atoms with E-state index in [4.69, 9.17) is 6.42 Å².